The van der Waals surface area contributed by atoms with E-state index in [-0.39, 0.29) is 0 Å². The van der Waals surface area contributed by atoms with Crippen LogP contribution in [0.4, 0.5) is 0 Å². The maximum absolute atomic E-state index is 7.20. The molecule has 1 aliphatic heterocycles. The summed E-state index contributed by atoms with van der Waals surface area (Å²) in [6.07, 6.45) is 4.46. The normalized spacial score (nSPS) is 16.9. The second-order valence-electron chi connectivity index (χ2n) is 8.86. The zero-order valence-electron chi connectivity index (χ0n) is 19.2. The van der Waals surface area contributed by atoms with E-state index in [9.17, 15) is 0 Å². The minimum Gasteiger partial charge on any atom is -0.497 e. The van der Waals surface area contributed by atoms with Gasteiger partial charge in [-0.1, -0.05) is 84.9 Å². The van der Waals surface area contributed by atoms with Gasteiger partial charge in [0.1, 0.15) is 11.5 Å². The quantitative estimate of drug-likeness (QED) is 0.258. The minimum atomic E-state index is -0.744. The van der Waals surface area contributed by atoms with Crippen molar-refractivity contribution in [3.05, 3.63) is 126 Å². The van der Waals surface area contributed by atoms with Crippen LogP contribution in [0.2, 0.25) is 0 Å². The predicted molar refractivity (Wildman–Crippen MR) is 147 cm³/mol. The molecular formula is C32H22O2S. The summed E-state index contributed by atoms with van der Waals surface area (Å²) >= 11 is 1.81. The Morgan fingerprint density at radius 2 is 1.34 bits per heavy atom. The third kappa shape index (κ3) is 2.95. The maximum Gasteiger partial charge on any atom is 0.178 e. The molecule has 0 amide bonds. The predicted octanol–water partition coefficient (Wildman–Crippen LogP) is 8.57. The Bertz CT molecular complexity index is 1750. The summed E-state index contributed by atoms with van der Waals surface area (Å²) in [5.41, 5.74) is 2.55. The van der Waals surface area contributed by atoms with Gasteiger partial charge in [-0.3, -0.25) is 0 Å². The van der Waals surface area contributed by atoms with Crippen molar-refractivity contribution in [1.82, 2.24) is 0 Å². The number of methoxy groups -OCH3 is 1. The maximum atomic E-state index is 7.20. The van der Waals surface area contributed by atoms with E-state index >= 15 is 0 Å². The van der Waals surface area contributed by atoms with E-state index in [1.165, 1.54) is 30.9 Å². The van der Waals surface area contributed by atoms with E-state index in [2.05, 4.69) is 97.1 Å². The molecule has 2 nitrogen and oxygen atoms in total. The molecule has 35 heavy (non-hydrogen) atoms. The summed E-state index contributed by atoms with van der Waals surface area (Å²) in [4.78, 5) is 0. The zero-order chi connectivity index (χ0) is 23.4. The molecule has 0 bridgehead atoms. The number of thiophene rings is 1. The van der Waals surface area contributed by atoms with Crippen LogP contribution >= 0.6 is 11.3 Å². The second-order valence-corrected chi connectivity index (χ2v) is 9.91. The summed E-state index contributed by atoms with van der Waals surface area (Å²) in [6.45, 7) is 0. The van der Waals surface area contributed by atoms with Crippen LogP contribution < -0.4 is 9.47 Å². The third-order valence-corrected chi connectivity index (χ3v) is 8.17. The van der Waals surface area contributed by atoms with Crippen LogP contribution in [0.5, 0.6) is 11.5 Å². The van der Waals surface area contributed by atoms with Crippen LogP contribution in [0.25, 0.3) is 37.0 Å². The molecule has 1 aliphatic rings. The van der Waals surface area contributed by atoms with Crippen molar-refractivity contribution in [3.63, 3.8) is 0 Å². The first kappa shape index (κ1) is 20.3. The fourth-order valence-electron chi connectivity index (χ4n) is 5.32. The number of ether oxygens (including phenoxy) is 2. The van der Waals surface area contributed by atoms with Gasteiger partial charge < -0.3 is 9.47 Å². The zero-order valence-corrected chi connectivity index (χ0v) is 20.0. The lowest BCUT2D eigenvalue weighted by Crippen LogP contribution is -2.34. The topological polar surface area (TPSA) is 18.5 Å². The highest BCUT2D eigenvalue weighted by Gasteiger charge is 2.38. The van der Waals surface area contributed by atoms with Gasteiger partial charge in [0.15, 0.2) is 5.60 Å². The molecule has 0 radical (unpaired) electrons. The highest BCUT2D eigenvalue weighted by atomic mass is 32.1. The van der Waals surface area contributed by atoms with Gasteiger partial charge in [0.2, 0.25) is 0 Å². The fourth-order valence-corrected chi connectivity index (χ4v) is 6.53. The van der Waals surface area contributed by atoms with Crippen molar-refractivity contribution in [2.75, 3.05) is 7.11 Å². The molecule has 3 heteroatoms. The van der Waals surface area contributed by atoms with Crippen LogP contribution in [0.15, 0.2) is 109 Å². The Morgan fingerprint density at radius 3 is 2.11 bits per heavy atom. The summed E-state index contributed by atoms with van der Waals surface area (Å²) in [6, 6.07) is 36.0. The first-order valence-corrected chi connectivity index (χ1v) is 12.5. The number of hydrogen-bond acceptors (Lipinski definition) is 3. The van der Waals surface area contributed by atoms with Gasteiger partial charge in [0.05, 0.1) is 11.8 Å². The molecule has 0 aliphatic carbocycles. The van der Waals surface area contributed by atoms with Crippen LogP contribution in [0.3, 0.4) is 0 Å². The molecule has 0 N–H and O–H groups in total. The summed E-state index contributed by atoms with van der Waals surface area (Å²) in [5.74, 6) is 1.78. The Balaban J connectivity index is 1.57. The average molecular weight is 471 g/mol. The first-order chi connectivity index (χ1) is 17.3. The van der Waals surface area contributed by atoms with Gasteiger partial charge in [0.25, 0.3) is 0 Å². The number of benzene rings is 5. The fraction of sp³-hybridized carbons (Fsp3) is 0.0625. The molecule has 0 spiro atoms. The molecular weight excluding hydrogens is 448 g/mol. The molecule has 2 heterocycles. The highest BCUT2D eigenvalue weighted by Crippen LogP contribution is 2.52. The summed E-state index contributed by atoms with van der Waals surface area (Å²) in [5, 5.41) is 5.03. The van der Waals surface area contributed by atoms with Crippen molar-refractivity contribution < 1.29 is 9.47 Å². The molecule has 1 atom stereocenters. The van der Waals surface area contributed by atoms with Crippen LogP contribution in [-0.2, 0) is 5.60 Å². The second kappa shape index (κ2) is 7.72. The molecule has 1 unspecified atom stereocenters. The van der Waals surface area contributed by atoms with Gasteiger partial charge in [-0.2, -0.15) is 0 Å². The molecule has 1 aromatic heterocycles. The SMILES string of the molecule is COc1ccc(C2(c3ccccc3)C=Cc3c(c4sc5ccccc5c4c4ccccc34)O2)cc1. The van der Waals surface area contributed by atoms with Gasteiger partial charge in [-0.15, -0.1) is 11.3 Å². The van der Waals surface area contributed by atoms with Gasteiger partial charge in [0, 0.05) is 32.2 Å². The Hall–Kier alpha value is -4.08. The molecule has 0 saturated carbocycles. The highest BCUT2D eigenvalue weighted by molar-refractivity contribution is 7.26. The van der Waals surface area contributed by atoms with E-state index in [0.29, 0.717) is 0 Å². The molecule has 168 valence electrons. The monoisotopic (exact) mass is 470 g/mol. The first-order valence-electron chi connectivity index (χ1n) is 11.7. The van der Waals surface area contributed by atoms with Gasteiger partial charge in [-0.25, -0.2) is 0 Å². The van der Waals surface area contributed by atoms with Crippen LogP contribution in [-0.4, -0.2) is 7.11 Å². The van der Waals surface area contributed by atoms with Gasteiger partial charge >= 0.3 is 0 Å². The Labute approximate surface area is 207 Å². The minimum absolute atomic E-state index is 0.744. The smallest absolute Gasteiger partial charge is 0.178 e. The van der Waals surface area contributed by atoms with E-state index in [0.717, 1.165) is 28.2 Å². The number of hydrogen-bond donors (Lipinski definition) is 0. The lowest BCUT2D eigenvalue weighted by molar-refractivity contribution is 0.164. The molecule has 5 aromatic carbocycles. The van der Waals surface area contributed by atoms with Crippen molar-refractivity contribution >= 4 is 48.4 Å². The van der Waals surface area contributed by atoms with Crippen LogP contribution in [0, 0.1) is 0 Å². The van der Waals surface area contributed by atoms with Crippen LogP contribution in [0.1, 0.15) is 16.7 Å². The van der Waals surface area contributed by atoms with Crippen molar-refractivity contribution in [1.29, 1.82) is 0 Å². The lowest BCUT2D eigenvalue weighted by atomic mass is 9.83. The Kier molecular flexibility index (Phi) is 4.48. The lowest BCUT2D eigenvalue weighted by Gasteiger charge is -2.36. The number of fused-ring (bicyclic) bond motifs is 8. The summed E-state index contributed by atoms with van der Waals surface area (Å²) < 4.78 is 15.1. The molecule has 0 saturated heterocycles. The van der Waals surface area contributed by atoms with Crippen molar-refractivity contribution in [3.8, 4) is 11.5 Å². The van der Waals surface area contributed by atoms with E-state index in [1.807, 2.05) is 29.5 Å². The summed E-state index contributed by atoms with van der Waals surface area (Å²) in [7, 11) is 1.69. The van der Waals surface area contributed by atoms with Gasteiger partial charge in [-0.05, 0) is 41.1 Å². The van der Waals surface area contributed by atoms with Crippen molar-refractivity contribution in [2.24, 2.45) is 0 Å². The largest absolute Gasteiger partial charge is 0.497 e. The average Bonchev–Trinajstić information content (AvgIpc) is 3.34. The Morgan fingerprint density at radius 1 is 0.686 bits per heavy atom. The van der Waals surface area contributed by atoms with E-state index in [1.54, 1.807) is 7.11 Å². The molecule has 0 fully saturated rings. The van der Waals surface area contributed by atoms with E-state index in [4.69, 9.17) is 9.47 Å². The number of rotatable bonds is 3. The molecule has 6 aromatic rings. The third-order valence-electron chi connectivity index (χ3n) is 7.00. The van der Waals surface area contributed by atoms with E-state index < -0.39 is 5.60 Å². The standard InChI is InChI=1S/C32H22O2S/c1-33-23-17-15-22(16-18-23)32(21-9-3-2-4-10-21)20-19-26-24-11-5-6-12-25(24)29-27-13-7-8-14-28(27)35-31(29)30(26)34-32/h2-20H,1H3. The molecule has 7 rings (SSSR count). The van der Waals surface area contributed by atoms with Crippen molar-refractivity contribution in [2.45, 2.75) is 5.60 Å².